The van der Waals surface area contributed by atoms with Crippen LogP contribution in [0.3, 0.4) is 0 Å². The summed E-state index contributed by atoms with van der Waals surface area (Å²) >= 11 is 0. The topological polar surface area (TPSA) is 52.3 Å². The van der Waals surface area contributed by atoms with Gasteiger partial charge in [0.2, 0.25) is 5.88 Å². The van der Waals surface area contributed by atoms with E-state index in [1.54, 1.807) is 18.3 Å². The molecule has 0 spiro atoms. The van der Waals surface area contributed by atoms with Gasteiger partial charge in [-0.05, 0) is 18.2 Å². The summed E-state index contributed by atoms with van der Waals surface area (Å²) < 4.78 is 45.1. The summed E-state index contributed by atoms with van der Waals surface area (Å²) in [6.45, 7) is 0. The zero-order chi connectivity index (χ0) is 15.0. The van der Waals surface area contributed by atoms with E-state index in [2.05, 4.69) is 15.1 Å². The molecule has 0 fully saturated rings. The van der Waals surface area contributed by atoms with Gasteiger partial charge in [-0.3, -0.25) is 0 Å². The highest BCUT2D eigenvalue weighted by atomic mass is 19.4. The number of halogens is 3. The maximum Gasteiger partial charge on any atom is 0.417 e. The highest BCUT2D eigenvalue weighted by Gasteiger charge is 2.32. The van der Waals surface area contributed by atoms with Crippen molar-refractivity contribution in [1.82, 2.24) is 19.6 Å². The SMILES string of the molecule is COc1ncc(C(F)(F)F)cc1-c1cccn2ncnc12. The first-order chi connectivity index (χ1) is 10.0. The molecular weight excluding hydrogens is 285 g/mol. The largest absolute Gasteiger partial charge is 0.481 e. The van der Waals surface area contributed by atoms with Crippen molar-refractivity contribution < 1.29 is 17.9 Å². The smallest absolute Gasteiger partial charge is 0.417 e. The van der Waals surface area contributed by atoms with Gasteiger partial charge in [0.05, 0.1) is 12.7 Å². The van der Waals surface area contributed by atoms with Gasteiger partial charge < -0.3 is 4.74 Å². The first-order valence-corrected chi connectivity index (χ1v) is 5.90. The van der Waals surface area contributed by atoms with Crippen LogP contribution < -0.4 is 4.74 Å². The minimum Gasteiger partial charge on any atom is -0.481 e. The normalized spacial score (nSPS) is 11.8. The van der Waals surface area contributed by atoms with Crippen LogP contribution in [0.2, 0.25) is 0 Å². The lowest BCUT2D eigenvalue weighted by atomic mass is 10.1. The Balaban J connectivity index is 2.27. The van der Waals surface area contributed by atoms with E-state index in [0.29, 0.717) is 11.2 Å². The van der Waals surface area contributed by atoms with Gasteiger partial charge in [0.15, 0.2) is 5.65 Å². The van der Waals surface area contributed by atoms with E-state index in [9.17, 15) is 13.2 Å². The van der Waals surface area contributed by atoms with Crippen molar-refractivity contribution in [2.45, 2.75) is 6.18 Å². The number of methoxy groups -OCH3 is 1. The Bertz CT molecular complexity index is 797. The van der Waals surface area contributed by atoms with Crippen LogP contribution in [-0.2, 0) is 6.18 Å². The molecule has 108 valence electrons. The van der Waals surface area contributed by atoms with E-state index in [0.717, 1.165) is 12.3 Å². The zero-order valence-corrected chi connectivity index (χ0v) is 10.8. The maximum absolute atomic E-state index is 12.9. The molecule has 0 aromatic carbocycles. The number of nitrogens with zero attached hydrogens (tertiary/aromatic N) is 4. The molecule has 21 heavy (non-hydrogen) atoms. The van der Waals surface area contributed by atoms with Crippen LogP contribution in [0.25, 0.3) is 16.8 Å². The van der Waals surface area contributed by atoms with Crippen LogP contribution in [-0.4, -0.2) is 26.7 Å². The van der Waals surface area contributed by atoms with E-state index < -0.39 is 11.7 Å². The van der Waals surface area contributed by atoms with E-state index in [-0.39, 0.29) is 11.4 Å². The number of hydrogen-bond donors (Lipinski definition) is 0. The van der Waals surface area contributed by atoms with Crippen molar-refractivity contribution in [3.63, 3.8) is 0 Å². The third-order valence-corrected chi connectivity index (χ3v) is 2.97. The van der Waals surface area contributed by atoms with Gasteiger partial charge >= 0.3 is 6.18 Å². The molecule has 0 unspecified atom stereocenters. The van der Waals surface area contributed by atoms with Gasteiger partial charge in [-0.1, -0.05) is 0 Å². The standard InChI is InChI=1S/C13H9F3N4O/c1-21-12-10(5-8(6-17-12)13(14,15)16)9-3-2-4-20-11(9)18-7-19-20/h2-7H,1H3. The lowest BCUT2D eigenvalue weighted by molar-refractivity contribution is -0.137. The number of hydrogen-bond acceptors (Lipinski definition) is 4. The average Bonchev–Trinajstić information content (AvgIpc) is 2.94. The molecule has 0 aliphatic heterocycles. The zero-order valence-electron chi connectivity index (χ0n) is 10.8. The van der Waals surface area contributed by atoms with Gasteiger partial charge in [0.1, 0.15) is 6.33 Å². The van der Waals surface area contributed by atoms with E-state index in [4.69, 9.17) is 4.74 Å². The van der Waals surface area contributed by atoms with Crippen LogP contribution in [0.1, 0.15) is 5.56 Å². The third kappa shape index (κ3) is 2.28. The van der Waals surface area contributed by atoms with Crippen LogP contribution in [0.4, 0.5) is 13.2 Å². The molecule has 0 atom stereocenters. The van der Waals surface area contributed by atoms with Gasteiger partial charge in [-0.15, -0.1) is 0 Å². The first-order valence-electron chi connectivity index (χ1n) is 5.90. The lowest BCUT2D eigenvalue weighted by Gasteiger charge is -2.12. The fraction of sp³-hybridized carbons (Fsp3) is 0.154. The molecule has 5 nitrogen and oxygen atoms in total. The Labute approximate surface area is 117 Å². The molecule has 3 rings (SSSR count). The molecule has 0 saturated heterocycles. The number of fused-ring (bicyclic) bond motifs is 1. The van der Waals surface area contributed by atoms with E-state index in [1.165, 1.54) is 18.0 Å². The molecule has 3 aromatic rings. The molecule has 0 saturated carbocycles. The first kappa shape index (κ1) is 13.3. The summed E-state index contributed by atoms with van der Waals surface area (Å²) in [5.41, 5.74) is 0.258. The number of alkyl halides is 3. The van der Waals surface area contributed by atoms with Gasteiger partial charge in [-0.25, -0.2) is 14.5 Å². The van der Waals surface area contributed by atoms with Crippen molar-refractivity contribution >= 4 is 5.65 Å². The molecule has 8 heteroatoms. The molecule has 0 bridgehead atoms. The van der Waals surface area contributed by atoms with Crippen molar-refractivity contribution in [2.24, 2.45) is 0 Å². The third-order valence-electron chi connectivity index (χ3n) is 2.97. The van der Waals surface area contributed by atoms with Gasteiger partial charge in [0.25, 0.3) is 0 Å². The monoisotopic (exact) mass is 294 g/mol. The Morgan fingerprint density at radius 3 is 2.71 bits per heavy atom. The Hall–Kier alpha value is -2.64. The summed E-state index contributed by atoms with van der Waals surface area (Å²) in [4.78, 5) is 7.78. The summed E-state index contributed by atoms with van der Waals surface area (Å²) in [6.07, 6.45) is -0.759. The molecule has 0 radical (unpaired) electrons. The fourth-order valence-corrected chi connectivity index (χ4v) is 2.02. The van der Waals surface area contributed by atoms with Crippen molar-refractivity contribution in [2.75, 3.05) is 7.11 Å². The van der Waals surface area contributed by atoms with Crippen LogP contribution in [0.15, 0.2) is 36.9 Å². The Morgan fingerprint density at radius 2 is 2.00 bits per heavy atom. The van der Waals surface area contributed by atoms with Crippen LogP contribution >= 0.6 is 0 Å². The molecule has 0 aliphatic carbocycles. The van der Waals surface area contributed by atoms with Crippen molar-refractivity contribution in [1.29, 1.82) is 0 Å². The quantitative estimate of drug-likeness (QED) is 0.729. The summed E-state index contributed by atoms with van der Waals surface area (Å²) in [7, 11) is 1.35. The maximum atomic E-state index is 12.9. The molecule has 0 amide bonds. The summed E-state index contributed by atoms with van der Waals surface area (Å²) in [5.74, 6) is 0.0964. The minimum atomic E-state index is -4.48. The number of rotatable bonds is 2. The predicted octanol–water partition coefficient (Wildman–Crippen LogP) is 2.82. The minimum absolute atomic E-state index is 0.0964. The highest BCUT2D eigenvalue weighted by Crippen LogP contribution is 2.36. The lowest BCUT2D eigenvalue weighted by Crippen LogP contribution is -2.07. The molecular formula is C13H9F3N4O. The average molecular weight is 294 g/mol. The van der Waals surface area contributed by atoms with Crippen molar-refractivity contribution in [3.05, 3.63) is 42.5 Å². The van der Waals surface area contributed by atoms with Gasteiger partial charge in [-0.2, -0.15) is 18.3 Å². The van der Waals surface area contributed by atoms with Gasteiger partial charge in [0, 0.05) is 23.5 Å². The number of ether oxygens (including phenoxy) is 1. The number of pyridine rings is 2. The van der Waals surface area contributed by atoms with E-state index >= 15 is 0 Å². The molecule has 0 aliphatic rings. The highest BCUT2D eigenvalue weighted by molar-refractivity contribution is 5.80. The second-order valence-electron chi connectivity index (χ2n) is 4.23. The predicted molar refractivity (Wildman–Crippen MR) is 67.8 cm³/mol. The second kappa shape index (κ2) is 4.72. The summed E-state index contributed by atoms with van der Waals surface area (Å²) in [6, 6.07) is 4.30. The Kier molecular flexibility index (Phi) is 3.00. The second-order valence-corrected chi connectivity index (χ2v) is 4.23. The fourth-order valence-electron chi connectivity index (χ4n) is 2.02. The molecule has 3 heterocycles. The molecule has 0 N–H and O–H groups in total. The molecule has 3 aromatic heterocycles. The van der Waals surface area contributed by atoms with Crippen LogP contribution in [0.5, 0.6) is 5.88 Å². The number of aromatic nitrogens is 4. The van der Waals surface area contributed by atoms with Crippen LogP contribution in [0, 0.1) is 0 Å². The van der Waals surface area contributed by atoms with Crippen molar-refractivity contribution in [3.8, 4) is 17.0 Å². The Morgan fingerprint density at radius 1 is 1.19 bits per heavy atom. The summed E-state index contributed by atoms with van der Waals surface area (Å²) in [5, 5.41) is 3.95. The van der Waals surface area contributed by atoms with E-state index in [1.807, 2.05) is 0 Å².